The smallest absolute Gasteiger partial charge is 0.270 e. The van der Waals surface area contributed by atoms with Gasteiger partial charge in [0.2, 0.25) is 0 Å². The molecule has 2 N–H and O–H groups in total. The topological polar surface area (TPSA) is 99.2 Å². The molecule has 0 spiro atoms. The van der Waals surface area contributed by atoms with Crippen molar-refractivity contribution in [3.63, 3.8) is 0 Å². The first-order chi connectivity index (χ1) is 9.61. The SMILES string of the molecule is N#Cc1cc([N+](=O)[O-])ccc1NC1CCCCCC1O. The zero-order valence-corrected chi connectivity index (χ0v) is 11.1. The number of hydrogen-bond donors (Lipinski definition) is 2. The van der Waals surface area contributed by atoms with Crippen molar-refractivity contribution in [2.75, 3.05) is 5.32 Å². The Bertz CT molecular complexity index is 539. The van der Waals surface area contributed by atoms with E-state index in [-0.39, 0.29) is 17.3 Å². The Hall–Kier alpha value is -2.13. The number of nitrogens with one attached hydrogen (secondary N) is 1. The summed E-state index contributed by atoms with van der Waals surface area (Å²) in [5.74, 6) is 0. The van der Waals surface area contributed by atoms with Gasteiger partial charge in [-0.05, 0) is 18.9 Å². The third-order valence-electron chi connectivity index (χ3n) is 3.65. The van der Waals surface area contributed by atoms with E-state index in [2.05, 4.69) is 5.32 Å². The second-order valence-electron chi connectivity index (χ2n) is 5.05. The van der Waals surface area contributed by atoms with Crippen LogP contribution in [0.15, 0.2) is 18.2 Å². The fourth-order valence-electron chi connectivity index (χ4n) is 2.52. The molecular formula is C14H17N3O3. The summed E-state index contributed by atoms with van der Waals surface area (Å²) in [6, 6.07) is 6.02. The van der Waals surface area contributed by atoms with Gasteiger partial charge in [0.05, 0.1) is 28.3 Å². The Morgan fingerprint density at radius 3 is 2.80 bits per heavy atom. The van der Waals surface area contributed by atoms with Crippen LogP contribution in [0.25, 0.3) is 0 Å². The summed E-state index contributed by atoms with van der Waals surface area (Å²) < 4.78 is 0. The van der Waals surface area contributed by atoms with Crippen molar-refractivity contribution in [1.29, 1.82) is 5.26 Å². The third-order valence-corrected chi connectivity index (χ3v) is 3.65. The average Bonchev–Trinajstić information content (AvgIpc) is 2.64. The van der Waals surface area contributed by atoms with Gasteiger partial charge in [0.25, 0.3) is 5.69 Å². The fraction of sp³-hybridized carbons (Fsp3) is 0.500. The van der Waals surface area contributed by atoms with Crippen LogP contribution in [-0.2, 0) is 0 Å². The number of nitrogens with zero attached hydrogens (tertiary/aromatic N) is 2. The maximum absolute atomic E-state index is 10.7. The number of aliphatic hydroxyl groups excluding tert-OH is 1. The van der Waals surface area contributed by atoms with E-state index < -0.39 is 11.0 Å². The first kappa shape index (κ1) is 14.3. The van der Waals surface area contributed by atoms with Gasteiger partial charge >= 0.3 is 0 Å². The predicted octanol–water partition coefficient (Wildman–Crippen LogP) is 2.57. The lowest BCUT2D eigenvalue weighted by Crippen LogP contribution is -2.32. The number of benzene rings is 1. The number of hydrogen-bond acceptors (Lipinski definition) is 5. The second-order valence-corrected chi connectivity index (χ2v) is 5.05. The molecule has 1 aromatic carbocycles. The van der Waals surface area contributed by atoms with Crippen molar-refractivity contribution in [3.8, 4) is 6.07 Å². The van der Waals surface area contributed by atoms with Crippen molar-refractivity contribution in [2.45, 2.75) is 44.2 Å². The summed E-state index contributed by atoms with van der Waals surface area (Å²) in [4.78, 5) is 10.2. The van der Waals surface area contributed by atoms with Crippen molar-refractivity contribution in [3.05, 3.63) is 33.9 Å². The number of nitro groups is 1. The van der Waals surface area contributed by atoms with E-state index in [4.69, 9.17) is 5.26 Å². The largest absolute Gasteiger partial charge is 0.391 e. The molecule has 0 heterocycles. The van der Waals surface area contributed by atoms with Gasteiger partial charge in [0.15, 0.2) is 0 Å². The minimum absolute atomic E-state index is 0.103. The van der Waals surface area contributed by atoms with Crippen molar-refractivity contribution in [1.82, 2.24) is 0 Å². The van der Waals surface area contributed by atoms with Gasteiger partial charge in [0, 0.05) is 12.1 Å². The molecule has 1 aromatic rings. The molecular weight excluding hydrogens is 258 g/mol. The molecule has 2 atom stereocenters. The fourth-order valence-corrected chi connectivity index (χ4v) is 2.52. The normalized spacial score (nSPS) is 22.6. The molecule has 0 saturated heterocycles. The molecule has 0 aromatic heterocycles. The van der Waals surface area contributed by atoms with E-state index in [0.29, 0.717) is 5.69 Å². The van der Waals surface area contributed by atoms with Crippen LogP contribution in [-0.4, -0.2) is 22.2 Å². The van der Waals surface area contributed by atoms with Gasteiger partial charge in [-0.25, -0.2) is 0 Å². The molecule has 1 fully saturated rings. The van der Waals surface area contributed by atoms with Crippen LogP contribution in [0.1, 0.15) is 37.7 Å². The van der Waals surface area contributed by atoms with Gasteiger partial charge in [-0.2, -0.15) is 5.26 Å². The summed E-state index contributed by atoms with van der Waals surface area (Å²) in [7, 11) is 0. The number of anilines is 1. The van der Waals surface area contributed by atoms with E-state index in [1.54, 1.807) is 0 Å². The van der Waals surface area contributed by atoms with Gasteiger partial charge in [-0.15, -0.1) is 0 Å². The van der Waals surface area contributed by atoms with E-state index in [1.165, 1.54) is 18.2 Å². The summed E-state index contributed by atoms with van der Waals surface area (Å²) >= 11 is 0. The summed E-state index contributed by atoms with van der Waals surface area (Å²) in [6.07, 6.45) is 4.27. The molecule has 106 valence electrons. The lowest BCUT2D eigenvalue weighted by Gasteiger charge is -2.23. The first-order valence-corrected chi connectivity index (χ1v) is 6.75. The Kier molecular flexibility index (Phi) is 4.53. The number of nitro benzene ring substituents is 1. The van der Waals surface area contributed by atoms with Crippen molar-refractivity contribution >= 4 is 11.4 Å². The maximum Gasteiger partial charge on any atom is 0.270 e. The Morgan fingerprint density at radius 2 is 2.10 bits per heavy atom. The average molecular weight is 275 g/mol. The molecule has 1 aliphatic rings. The van der Waals surface area contributed by atoms with Crippen LogP contribution in [0.2, 0.25) is 0 Å². The van der Waals surface area contributed by atoms with E-state index >= 15 is 0 Å². The maximum atomic E-state index is 10.7. The molecule has 0 radical (unpaired) electrons. The second kappa shape index (κ2) is 6.35. The molecule has 1 saturated carbocycles. The van der Waals surface area contributed by atoms with E-state index in [9.17, 15) is 15.2 Å². The lowest BCUT2D eigenvalue weighted by atomic mass is 10.0. The first-order valence-electron chi connectivity index (χ1n) is 6.75. The standard InChI is InChI=1S/C14H17N3O3/c15-9-10-8-11(17(19)20)6-7-12(10)16-13-4-2-1-3-5-14(13)18/h6-8,13-14,16,18H,1-5H2. The zero-order chi connectivity index (χ0) is 14.5. The van der Waals surface area contributed by atoms with Crippen molar-refractivity contribution in [2.24, 2.45) is 0 Å². The molecule has 0 bridgehead atoms. The highest BCUT2D eigenvalue weighted by Crippen LogP contribution is 2.26. The number of aliphatic hydroxyl groups is 1. The highest BCUT2D eigenvalue weighted by atomic mass is 16.6. The van der Waals surface area contributed by atoms with Gasteiger partial charge < -0.3 is 10.4 Å². The van der Waals surface area contributed by atoms with E-state index in [1.807, 2.05) is 6.07 Å². The molecule has 0 aliphatic heterocycles. The number of nitriles is 1. The minimum atomic E-state index is -0.523. The molecule has 0 amide bonds. The number of rotatable bonds is 3. The third kappa shape index (κ3) is 3.25. The van der Waals surface area contributed by atoms with E-state index in [0.717, 1.165) is 32.1 Å². The molecule has 2 rings (SSSR count). The zero-order valence-electron chi connectivity index (χ0n) is 11.1. The summed E-state index contributed by atoms with van der Waals surface area (Å²) in [6.45, 7) is 0. The minimum Gasteiger partial charge on any atom is -0.391 e. The summed E-state index contributed by atoms with van der Waals surface area (Å²) in [5.41, 5.74) is 0.674. The Labute approximate surface area is 117 Å². The van der Waals surface area contributed by atoms with Gasteiger partial charge in [0.1, 0.15) is 6.07 Å². The van der Waals surface area contributed by atoms with Crippen LogP contribution in [0, 0.1) is 21.4 Å². The van der Waals surface area contributed by atoms with Crippen LogP contribution < -0.4 is 5.32 Å². The van der Waals surface area contributed by atoms with Gasteiger partial charge in [-0.1, -0.05) is 19.3 Å². The highest BCUT2D eigenvalue weighted by Gasteiger charge is 2.22. The van der Waals surface area contributed by atoms with Crippen LogP contribution >= 0.6 is 0 Å². The molecule has 6 nitrogen and oxygen atoms in total. The predicted molar refractivity (Wildman–Crippen MR) is 74.3 cm³/mol. The quantitative estimate of drug-likeness (QED) is 0.501. The number of non-ortho nitro benzene ring substituents is 1. The van der Waals surface area contributed by atoms with Crippen molar-refractivity contribution < 1.29 is 10.0 Å². The highest BCUT2D eigenvalue weighted by molar-refractivity contribution is 5.61. The molecule has 20 heavy (non-hydrogen) atoms. The lowest BCUT2D eigenvalue weighted by molar-refractivity contribution is -0.384. The van der Waals surface area contributed by atoms with Gasteiger partial charge in [-0.3, -0.25) is 10.1 Å². The molecule has 6 heteroatoms. The molecule has 2 unspecified atom stereocenters. The Balaban J connectivity index is 2.20. The van der Waals surface area contributed by atoms with Crippen LogP contribution in [0.3, 0.4) is 0 Å². The van der Waals surface area contributed by atoms with Crippen LogP contribution in [0.5, 0.6) is 0 Å². The molecule has 1 aliphatic carbocycles. The monoisotopic (exact) mass is 275 g/mol. The Morgan fingerprint density at radius 1 is 1.35 bits per heavy atom. The van der Waals surface area contributed by atoms with Crippen LogP contribution in [0.4, 0.5) is 11.4 Å². The summed E-state index contributed by atoms with van der Waals surface area (Å²) in [5, 5.41) is 33.0.